The molecular formula is C15H24O6. The molecule has 1 fully saturated rings. The van der Waals surface area contributed by atoms with E-state index in [2.05, 4.69) is 0 Å². The van der Waals surface area contributed by atoms with E-state index >= 15 is 0 Å². The fourth-order valence-corrected chi connectivity index (χ4v) is 3.67. The van der Waals surface area contributed by atoms with Crippen LogP contribution in [0.2, 0.25) is 0 Å². The van der Waals surface area contributed by atoms with Crippen LogP contribution in [0.4, 0.5) is 0 Å². The van der Waals surface area contributed by atoms with Crippen LogP contribution in [0.15, 0.2) is 0 Å². The smallest absolute Gasteiger partial charge is 0.306 e. The van der Waals surface area contributed by atoms with E-state index in [9.17, 15) is 24.6 Å². The maximum absolute atomic E-state index is 11.4. The van der Waals surface area contributed by atoms with E-state index in [1.54, 1.807) is 6.92 Å². The Morgan fingerprint density at radius 3 is 1.81 bits per heavy atom. The summed E-state index contributed by atoms with van der Waals surface area (Å²) in [5.41, 5.74) is -0.885. The van der Waals surface area contributed by atoms with E-state index in [0.717, 1.165) is 0 Å². The summed E-state index contributed by atoms with van der Waals surface area (Å²) in [4.78, 5) is 34.0. The third-order valence-electron chi connectivity index (χ3n) is 5.42. The molecule has 1 aliphatic carbocycles. The Hall–Kier alpha value is -1.59. The van der Waals surface area contributed by atoms with Gasteiger partial charge in [0.25, 0.3) is 0 Å². The van der Waals surface area contributed by atoms with E-state index < -0.39 is 41.1 Å². The van der Waals surface area contributed by atoms with Gasteiger partial charge in [-0.3, -0.25) is 14.4 Å². The molecule has 0 aliphatic heterocycles. The Morgan fingerprint density at radius 1 is 0.952 bits per heavy atom. The van der Waals surface area contributed by atoms with Gasteiger partial charge in [0.2, 0.25) is 0 Å². The van der Waals surface area contributed by atoms with Gasteiger partial charge in [0.1, 0.15) is 0 Å². The molecule has 4 atom stereocenters. The van der Waals surface area contributed by atoms with Gasteiger partial charge in [-0.2, -0.15) is 0 Å². The second-order valence-electron chi connectivity index (χ2n) is 6.34. The van der Waals surface area contributed by atoms with Gasteiger partial charge in [0.05, 0.1) is 17.8 Å². The summed E-state index contributed by atoms with van der Waals surface area (Å²) < 4.78 is 0. The summed E-state index contributed by atoms with van der Waals surface area (Å²) >= 11 is 0. The molecule has 120 valence electrons. The highest BCUT2D eigenvalue weighted by Gasteiger charge is 2.51. The van der Waals surface area contributed by atoms with Crippen molar-refractivity contribution in [3.63, 3.8) is 0 Å². The van der Waals surface area contributed by atoms with E-state index in [4.69, 9.17) is 5.11 Å². The van der Waals surface area contributed by atoms with E-state index in [-0.39, 0.29) is 5.92 Å². The molecule has 1 saturated carbocycles. The molecule has 0 heterocycles. The third kappa shape index (κ3) is 3.36. The van der Waals surface area contributed by atoms with Crippen molar-refractivity contribution in [2.24, 2.45) is 29.1 Å². The molecule has 1 aliphatic rings. The molecule has 0 aromatic rings. The second kappa shape index (κ2) is 6.45. The predicted molar refractivity (Wildman–Crippen MR) is 74.8 cm³/mol. The molecule has 0 aromatic heterocycles. The lowest BCUT2D eigenvalue weighted by molar-refractivity contribution is -0.159. The number of hydrogen-bond donors (Lipinski definition) is 3. The van der Waals surface area contributed by atoms with Gasteiger partial charge in [0.15, 0.2) is 0 Å². The molecule has 0 aromatic carbocycles. The highest BCUT2D eigenvalue weighted by molar-refractivity contribution is 5.75. The monoisotopic (exact) mass is 300 g/mol. The molecule has 3 N–H and O–H groups in total. The lowest BCUT2D eigenvalue weighted by atomic mass is 9.56. The van der Waals surface area contributed by atoms with Gasteiger partial charge < -0.3 is 15.3 Å². The number of carboxylic acids is 3. The molecule has 4 unspecified atom stereocenters. The topological polar surface area (TPSA) is 112 Å². The Labute approximate surface area is 124 Å². The van der Waals surface area contributed by atoms with Gasteiger partial charge in [-0.25, -0.2) is 0 Å². The average Bonchev–Trinajstić information content (AvgIpc) is 2.44. The maximum atomic E-state index is 11.4. The summed E-state index contributed by atoms with van der Waals surface area (Å²) in [6.07, 6.45) is 2.21. The van der Waals surface area contributed by atoms with E-state index in [1.807, 2.05) is 0 Å². The van der Waals surface area contributed by atoms with Gasteiger partial charge >= 0.3 is 17.9 Å². The quantitative estimate of drug-likeness (QED) is 0.694. The first kappa shape index (κ1) is 17.5. The third-order valence-corrected chi connectivity index (χ3v) is 5.42. The van der Waals surface area contributed by atoms with E-state index in [0.29, 0.717) is 25.7 Å². The summed E-state index contributed by atoms with van der Waals surface area (Å²) in [5.74, 6) is -5.36. The second-order valence-corrected chi connectivity index (χ2v) is 6.34. The molecule has 6 nitrogen and oxygen atoms in total. The summed E-state index contributed by atoms with van der Waals surface area (Å²) in [5, 5.41) is 27.9. The van der Waals surface area contributed by atoms with Crippen LogP contribution in [0.1, 0.15) is 46.5 Å². The molecule has 6 heteroatoms. The van der Waals surface area contributed by atoms with Gasteiger partial charge in [-0.05, 0) is 30.6 Å². The summed E-state index contributed by atoms with van der Waals surface area (Å²) in [7, 11) is 0. The van der Waals surface area contributed by atoms with Crippen molar-refractivity contribution < 1.29 is 29.7 Å². The lowest BCUT2D eigenvalue weighted by Gasteiger charge is -2.47. The Morgan fingerprint density at radius 2 is 1.43 bits per heavy atom. The average molecular weight is 300 g/mol. The predicted octanol–water partition coefficient (Wildman–Crippen LogP) is 2.33. The molecule has 0 spiro atoms. The highest BCUT2D eigenvalue weighted by atomic mass is 16.4. The van der Waals surface area contributed by atoms with Gasteiger partial charge in [-0.1, -0.05) is 27.2 Å². The van der Waals surface area contributed by atoms with Crippen LogP contribution in [-0.2, 0) is 14.4 Å². The number of carboxylic acid groups (broad SMARTS) is 3. The molecule has 0 saturated heterocycles. The fourth-order valence-electron chi connectivity index (χ4n) is 3.67. The van der Waals surface area contributed by atoms with Gasteiger partial charge in [-0.15, -0.1) is 0 Å². The van der Waals surface area contributed by atoms with Crippen molar-refractivity contribution in [1.82, 2.24) is 0 Å². The minimum absolute atomic E-state index is 0.181. The number of aliphatic carboxylic acids is 3. The number of carbonyl (C=O) groups is 3. The first-order chi connectivity index (χ1) is 9.63. The molecule has 1 rings (SSSR count). The molecule has 0 radical (unpaired) electrons. The largest absolute Gasteiger partial charge is 0.481 e. The van der Waals surface area contributed by atoms with Crippen LogP contribution in [0.5, 0.6) is 0 Å². The normalized spacial score (nSPS) is 30.1. The minimum atomic E-state index is -1.02. The zero-order valence-electron chi connectivity index (χ0n) is 12.7. The molecule has 21 heavy (non-hydrogen) atoms. The number of hydrogen-bond acceptors (Lipinski definition) is 3. The van der Waals surface area contributed by atoms with Gasteiger partial charge in [0, 0.05) is 0 Å². The van der Waals surface area contributed by atoms with Crippen LogP contribution < -0.4 is 0 Å². The minimum Gasteiger partial charge on any atom is -0.481 e. The first-order valence-electron chi connectivity index (χ1n) is 7.32. The van der Waals surface area contributed by atoms with Crippen LogP contribution in [0.25, 0.3) is 0 Å². The summed E-state index contributed by atoms with van der Waals surface area (Å²) in [6, 6.07) is 0. The highest BCUT2D eigenvalue weighted by Crippen LogP contribution is 2.52. The van der Waals surface area contributed by atoms with Crippen molar-refractivity contribution in [3.05, 3.63) is 0 Å². The first-order valence-corrected chi connectivity index (χ1v) is 7.32. The Bertz CT molecular complexity index is 410. The van der Waals surface area contributed by atoms with Crippen LogP contribution in [-0.4, -0.2) is 33.2 Å². The Balaban J connectivity index is 3.15. The zero-order chi connectivity index (χ0) is 16.4. The van der Waals surface area contributed by atoms with Crippen molar-refractivity contribution >= 4 is 17.9 Å². The molecule has 0 amide bonds. The Kier molecular flexibility index (Phi) is 5.36. The van der Waals surface area contributed by atoms with Crippen molar-refractivity contribution in [2.45, 2.75) is 46.5 Å². The molecule has 0 bridgehead atoms. The maximum Gasteiger partial charge on any atom is 0.306 e. The van der Waals surface area contributed by atoms with Crippen molar-refractivity contribution in [1.29, 1.82) is 0 Å². The summed E-state index contributed by atoms with van der Waals surface area (Å²) in [6.45, 7) is 4.69. The zero-order valence-corrected chi connectivity index (χ0v) is 12.7. The van der Waals surface area contributed by atoms with Crippen LogP contribution in [0, 0.1) is 29.1 Å². The standard InChI is InChI=1S/C15H24O6/c1-8(12(16)17)11-5-4-6-15(7-11,9(2)13(18)19)10(3)14(20)21/h8-11H,4-7H2,1-3H3,(H,16,17)(H,18,19)(H,20,21). The number of rotatable bonds is 6. The van der Waals surface area contributed by atoms with Crippen molar-refractivity contribution in [2.75, 3.05) is 0 Å². The van der Waals surface area contributed by atoms with Crippen molar-refractivity contribution in [3.8, 4) is 0 Å². The SMILES string of the molecule is CC(C(=O)O)C1CCCC(C(C)C(=O)O)(C(C)C(=O)O)C1. The lowest BCUT2D eigenvalue weighted by Crippen LogP contribution is -2.47. The van der Waals surface area contributed by atoms with Crippen LogP contribution >= 0.6 is 0 Å². The fraction of sp³-hybridized carbons (Fsp3) is 0.800. The van der Waals surface area contributed by atoms with Crippen LogP contribution in [0.3, 0.4) is 0 Å². The molecular weight excluding hydrogens is 276 g/mol. The van der Waals surface area contributed by atoms with E-state index in [1.165, 1.54) is 13.8 Å².